The molecule has 2 rings (SSSR count). The summed E-state index contributed by atoms with van der Waals surface area (Å²) < 4.78 is 2.12. The minimum atomic E-state index is 1.03. The molecule has 0 saturated heterocycles. The summed E-state index contributed by atoms with van der Waals surface area (Å²) >= 11 is 0. The number of para-hydroxylation sites is 1. The minimum absolute atomic E-state index is 1.03. The highest BCUT2D eigenvalue weighted by Gasteiger charge is 2.00. The summed E-state index contributed by atoms with van der Waals surface area (Å²) in [7, 11) is 0. The average Bonchev–Trinajstić information content (AvgIpc) is 2.81. The lowest BCUT2D eigenvalue weighted by Crippen LogP contribution is -2.15. The van der Waals surface area contributed by atoms with Crippen molar-refractivity contribution < 1.29 is 0 Å². The van der Waals surface area contributed by atoms with E-state index < -0.39 is 0 Å². The summed E-state index contributed by atoms with van der Waals surface area (Å²) in [6.07, 6.45) is 6.92. The molecule has 3 heteroatoms. The first-order valence-electron chi connectivity index (χ1n) is 7.03. The van der Waals surface area contributed by atoms with E-state index >= 15 is 0 Å². The van der Waals surface area contributed by atoms with Gasteiger partial charge in [0.25, 0.3) is 0 Å². The number of nitrogens with one attached hydrogen (secondary N) is 1. The fourth-order valence-corrected chi connectivity index (χ4v) is 2.19. The molecule has 0 unspecified atom stereocenters. The van der Waals surface area contributed by atoms with Crippen LogP contribution in [0.15, 0.2) is 30.5 Å². The number of hydrogen-bond acceptors (Lipinski definition) is 2. The normalized spacial score (nSPS) is 11.2. The van der Waals surface area contributed by atoms with E-state index in [0.717, 1.165) is 19.6 Å². The van der Waals surface area contributed by atoms with Gasteiger partial charge in [-0.3, -0.25) is 4.68 Å². The SMILES string of the molecule is CCCNCCCCCn1ncc2ccccc21. The maximum atomic E-state index is 4.44. The number of benzene rings is 1. The van der Waals surface area contributed by atoms with Crippen molar-refractivity contribution in [3.8, 4) is 0 Å². The van der Waals surface area contributed by atoms with Crippen LogP contribution in [0.25, 0.3) is 10.9 Å². The number of rotatable bonds is 8. The Morgan fingerprint density at radius 3 is 2.89 bits per heavy atom. The van der Waals surface area contributed by atoms with Crippen molar-refractivity contribution in [3.63, 3.8) is 0 Å². The van der Waals surface area contributed by atoms with E-state index in [2.05, 4.69) is 46.3 Å². The second-order valence-electron chi connectivity index (χ2n) is 4.74. The Morgan fingerprint density at radius 1 is 1.11 bits per heavy atom. The molecule has 0 fully saturated rings. The van der Waals surface area contributed by atoms with Gasteiger partial charge >= 0.3 is 0 Å². The Kier molecular flexibility index (Phi) is 5.21. The fraction of sp³-hybridized carbons (Fsp3) is 0.533. The van der Waals surface area contributed by atoms with Crippen LogP contribution in [0.1, 0.15) is 32.6 Å². The smallest absolute Gasteiger partial charge is 0.0682 e. The van der Waals surface area contributed by atoms with Gasteiger partial charge in [0.15, 0.2) is 0 Å². The molecule has 0 bridgehead atoms. The Bertz CT molecular complexity index is 461. The van der Waals surface area contributed by atoms with Crippen molar-refractivity contribution in [2.24, 2.45) is 0 Å². The quantitative estimate of drug-likeness (QED) is 0.724. The highest BCUT2D eigenvalue weighted by atomic mass is 15.3. The standard InChI is InChI=1S/C15H23N3/c1-2-10-16-11-6-3-7-12-18-15-9-5-4-8-14(15)13-17-18/h4-5,8-9,13,16H,2-3,6-7,10-12H2,1H3. The van der Waals surface area contributed by atoms with Crippen LogP contribution in [-0.4, -0.2) is 22.9 Å². The third-order valence-corrected chi connectivity index (χ3v) is 3.20. The largest absolute Gasteiger partial charge is 0.317 e. The predicted molar refractivity (Wildman–Crippen MR) is 76.7 cm³/mol. The lowest BCUT2D eigenvalue weighted by Gasteiger charge is -2.04. The van der Waals surface area contributed by atoms with Gasteiger partial charge < -0.3 is 5.32 Å². The predicted octanol–water partition coefficient (Wildman–Crippen LogP) is 3.21. The van der Waals surface area contributed by atoms with Crippen LogP contribution < -0.4 is 5.32 Å². The molecule has 0 saturated carbocycles. The molecule has 0 aliphatic rings. The molecule has 0 radical (unpaired) electrons. The lowest BCUT2D eigenvalue weighted by atomic mass is 10.2. The Balaban J connectivity index is 1.70. The summed E-state index contributed by atoms with van der Waals surface area (Å²) in [6, 6.07) is 8.40. The van der Waals surface area contributed by atoms with E-state index in [1.165, 1.54) is 36.6 Å². The first-order valence-corrected chi connectivity index (χ1v) is 7.03. The first kappa shape index (κ1) is 13.1. The van der Waals surface area contributed by atoms with Crippen molar-refractivity contribution in [1.29, 1.82) is 0 Å². The van der Waals surface area contributed by atoms with Crippen LogP contribution in [0.3, 0.4) is 0 Å². The van der Waals surface area contributed by atoms with Gasteiger partial charge in [-0.15, -0.1) is 0 Å². The highest BCUT2D eigenvalue weighted by molar-refractivity contribution is 5.78. The van der Waals surface area contributed by atoms with E-state index in [4.69, 9.17) is 0 Å². The maximum Gasteiger partial charge on any atom is 0.0682 e. The summed E-state index contributed by atoms with van der Waals surface area (Å²) in [6.45, 7) is 5.52. The van der Waals surface area contributed by atoms with E-state index in [1.54, 1.807) is 0 Å². The molecule has 1 aromatic carbocycles. The van der Waals surface area contributed by atoms with Crippen LogP contribution in [0, 0.1) is 0 Å². The van der Waals surface area contributed by atoms with Gasteiger partial charge in [0.1, 0.15) is 0 Å². The highest BCUT2D eigenvalue weighted by Crippen LogP contribution is 2.13. The second-order valence-corrected chi connectivity index (χ2v) is 4.74. The number of aromatic nitrogens is 2. The zero-order valence-corrected chi connectivity index (χ0v) is 11.2. The summed E-state index contributed by atoms with van der Waals surface area (Å²) in [5.41, 5.74) is 1.25. The van der Waals surface area contributed by atoms with Gasteiger partial charge in [0, 0.05) is 11.9 Å². The molecule has 0 atom stereocenters. The van der Waals surface area contributed by atoms with Crippen LogP contribution in [-0.2, 0) is 6.54 Å². The molecule has 98 valence electrons. The zero-order valence-electron chi connectivity index (χ0n) is 11.2. The van der Waals surface area contributed by atoms with Gasteiger partial charge in [0.2, 0.25) is 0 Å². The molecule has 1 aromatic heterocycles. The Morgan fingerprint density at radius 2 is 2.00 bits per heavy atom. The molecule has 2 aromatic rings. The van der Waals surface area contributed by atoms with Crippen molar-refractivity contribution in [2.75, 3.05) is 13.1 Å². The maximum absolute atomic E-state index is 4.44. The molecule has 0 amide bonds. The summed E-state index contributed by atoms with van der Waals surface area (Å²) in [4.78, 5) is 0. The summed E-state index contributed by atoms with van der Waals surface area (Å²) in [5, 5.41) is 9.12. The van der Waals surface area contributed by atoms with Gasteiger partial charge in [-0.25, -0.2) is 0 Å². The van der Waals surface area contributed by atoms with Gasteiger partial charge in [0.05, 0.1) is 11.7 Å². The number of nitrogens with zero attached hydrogens (tertiary/aromatic N) is 2. The molecule has 1 heterocycles. The molecule has 3 nitrogen and oxygen atoms in total. The lowest BCUT2D eigenvalue weighted by molar-refractivity contribution is 0.538. The van der Waals surface area contributed by atoms with Gasteiger partial charge in [-0.1, -0.05) is 31.5 Å². The van der Waals surface area contributed by atoms with Crippen LogP contribution in [0.2, 0.25) is 0 Å². The molecule has 18 heavy (non-hydrogen) atoms. The van der Waals surface area contributed by atoms with Crippen LogP contribution >= 0.6 is 0 Å². The van der Waals surface area contributed by atoms with Crippen molar-refractivity contribution in [1.82, 2.24) is 15.1 Å². The second kappa shape index (κ2) is 7.17. The molecule has 1 N–H and O–H groups in total. The Hall–Kier alpha value is -1.35. The van der Waals surface area contributed by atoms with E-state index in [1.807, 2.05) is 6.20 Å². The first-order chi connectivity index (χ1) is 8.92. The number of unbranched alkanes of at least 4 members (excludes halogenated alkanes) is 2. The number of aryl methyl sites for hydroxylation is 1. The molecular weight excluding hydrogens is 222 g/mol. The fourth-order valence-electron chi connectivity index (χ4n) is 2.19. The molecule has 0 spiro atoms. The molecule has 0 aliphatic heterocycles. The topological polar surface area (TPSA) is 29.9 Å². The Labute approximate surface area is 109 Å². The minimum Gasteiger partial charge on any atom is -0.317 e. The summed E-state index contributed by atoms with van der Waals surface area (Å²) in [5.74, 6) is 0. The number of fused-ring (bicyclic) bond motifs is 1. The zero-order chi connectivity index (χ0) is 12.6. The van der Waals surface area contributed by atoms with E-state index in [0.29, 0.717) is 0 Å². The average molecular weight is 245 g/mol. The van der Waals surface area contributed by atoms with Crippen LogP contribution in [0.5, 0.6) is 0 Å². The van der Waals surface area contributed by atoms with E-state index in [-0.39, 0.29) is 0 Å². The molecular formula is C15H23N3. The van der Waals surface area contributed by atoms with Crippen molar-refractivity contribution in [2.45, 2.75) is 39.2 Å². The number of hydrogen-bond donors (Lipinski definition) is 1. The monoisotopic (exact) mass is 245 g/mol. The van der Waals surface area contributed by atoms with Gasteiger partial charge in [-0.05, 0) is 38.4 Å². The van der Waals surface area contributed by atoms with Crippen molar-refractivity contribution >= 4 is 10.9 Å². The van der Waals surface area contributed by atoms with E-state index in [9.17, 15) is 0 Å². The third kappa shape index (κ3) is 3.57. The molecule has 0 aliphatic carbocycles. The van der Waals surface area contributed by atoms with Crippen LogP contribution in [0.4, 0.5) is 0 Å². The van der Waals surface area contributed by atoms with Crippen molar-refractivity contribution in [3.05, 3.63) is 30.5 Å². The third-order valence-electron chi connectivity index (χ3n) is 3.20. The van der Waals surface area contributed by atoms with Gasteiger partial charge in [-0.2, -0.15) is 5.10 Å².